The van der Waals surface area contributed by atoms with E-state index in [0.29, 0.717) is 23.4 Å². The van der Waals surface area contributed by atoms with Crippen molar-refractivity contribution in [2.75, 3.05) is 38.5 Å². The molecule has 4 nitrogen and oxygen atoms in total. The van der Waals surface area contributed by atoms with Gasteiger partial charge < -0.3 is 10.2 Å². The number of nitrogens with one attached hydrogen (secondary N) is 1. The molecule has 27 heavy (non-hydrogen) atoms. The van der Waals surface area contributed by atoms with Gasteiger partial charge >= 0.3 is 0 Å². The van der Waals surface area contributed by atoms with Crippen LogP contribution in [0.2, 0.25) is 0 Å². The van der Waals surface area contributed by atoms with Crippen molar-refractivity contribution in [3.63, 3.8) is 0 Å². The number of anilines is 1. The van der Waals surface area contributed by atoms with Crippen molar-refractivity contribution in [2.45, 2.75) is 13.5 Å². The van der Waals surface area contributed by atoms with Gasteiger partial charge in [-0.25, -0.2) is 4.39 Å². The molecule has 0 saturated carbocycles. The third-order valence-corrected chi connectivity index (χ3v) is 4.87. The second kappa shape index (κ2) is 8.34. The molecular formula is C22H24FN3O. The molecule has 3 rings (SSSR count). The van der Waals surface area contributed by atoms with Crippen molar-refractivity contribution in [3.05, 3.63) is 64.5 Å². The summed E-state index contributed by atoms with van der Waals surface area (Å²) in [5.74, 6) is 1.91. The van der Waals surface area contributed by atoms with Gasteiger partial charge in [-0.15, -0.1) is 6.42 Å². The summed E-state index contributed by atoms with van der Waals surface area (Å²) in [4.78, 5) is 17.1. The molecule has 0 atom stereocenters. The van der Waals surface area contributed by atoms with E-state index in [9.17, 15) is 9.18 Å². The molecule has 1 amide bonds. The Morgan fingerprint density at radius 3 is 2.63 bits per heavy atom. The first-order valence-electron chi connectivity index (χ1n) is 9.03. The zero-order valence-corrected chi connectivity index (χ0v) is 15.8. The van der Waals surface area contributed by atoms with Gasteiger partial charge in [0, 0.05) is 49.5 Å². The van der Waals surface area contributed by atoms with Crippen molar-refractivity contribution in [2.24, 2.45) is 0 Å². The highest BCUT2D eigenvalue weighted by Crippen LogP contribution is 2.18. The predicted molar refractivity (Wildman–Crippen MR) is 106 cm³/mol. The van der Waals surface area contributed by atoms with Gasteiger partial charge in [0.1, 0.15) is 5.82 Å². The molecule has 1 heterocycles. The molecular weight excluding hydrogens is 341 g/mol. The number of piperazine rings is 1. The van der Waals surface area contributed by atoms with Crippen LogP contribution in [0.25, 0.3) is 0 Å². The summed E-state index contributed by atoms with van der Waals surface area (Å²) in [6.45, 7) is 6.47. The lowest BCUT2D eigenvalue weighted by atomic mass is 10.0. The van der Waals surface area contributed by atoms with Crippen molar-refractivity contribution in [1.82, 2.24) is 9.80 Å². The lowest BCUT2D eigenvalue weighted by Gasteiger charge is -2.32. The highest BCUT2D eigenvalue weighted by molar-refractivity contribution is 6.04. The Bertz CT molecular complexity index is 880. The molecule has 0 bridgehead atoms. The largest absolute Gasteiger partial charge is 0.322 e. The number of hydrogen-bond acceptors (Lipinski definition) is 3. The van der Waals surface area contributed by atoms with Crippen LogP contribution in [0.5, 0.6) is 0 Å². The number of hydrogen-bond donors (Lipinski definition) is 1. The molecule has 0 aliphatic carbocycles. The van der Waals surface area contributed by atoms with Crippen LogP contribution in [0, 0.1) is 25.1 Å². The van der Waals surface area contributed by atoms with Crippen molar-refractivity contribution < 1.29 is 9.18 Å². The first kappa shape index (κ1) is 19.1. The molecule has 1 aliphatic heterocycles. The molecule has 0 radical (unpaired) electrons. The monoisotopic (exact) mass is 365 g/mol. The van der Waals surface area contributed by atoms with Gasteiger partial charge in [-0.05, 0) is 55.4 Å². The summed E-state index contributed by atoms with van der Waals surface area (Å²) in [6.07, 6.45) is 5.47. The smallest absolute Gasteiger partial charge is 0.255 e. The van der Waals surface area contributed by atoms with Gasteiger partial charge in [-0.1, -0.05) is 12.0 Å². The summed E-state index contributed by atoms with van der Waals surface area (Å²) in [5, 5.41) is 2.78. The van der Waals surface area contributed by atoms with Crippen LogP contribution in [-0.4, -0.2) is 48.9 Å². The number of terminal acetylenes is 1. The standard InChI is InChI=1S/C22H24FN3O/c1-4-18-13-19(6-5-16(18)2)22(27)24-21-12-17(11-20(23)14-21)15-26-9-7-25(3)8-10-26/h1,5-6,11-14H,7-10,15H2,2-3H3,(H,24,27). The van der Waals surface area contributed by atoms with E-state index in [1.54, 1.807) is 12.1 Å². The molecule has 5 heteroatoms. The van der Waals surface area contributed by atoms with Crippen LogP contribution < -0.4 is 5.32 Å². The Labute approximate surface area is 160 Å². The normalized spacial score (nSPS) is 15.3. The van der Waals surface area contributed by atoms with Crippen LogP contribution in [0.4, 0.5) is 10.1 Å². The van der Waals surface area contributed by atoms with Crippen LogP contribution in [-0.2, 0) is 6.54 Å². The molecule has 2 aromatic carbocycles. The van der Waals surface area contributed by atoms with Crippen molar-refractivity contribution in [1.29, 1.82) is 0 Å². The van der Waals surface area contributed by atoms with Gasteiger partial charge in [0.2, 0.25) is 0 Å². The maximum Gasteiger partial charge on any atom is 0.255 e. The van der Waals surface area contributed by atoms with E-state index in [4.69, 9.17) is 6.42 Å². The molecule has 1 aliphatic rings. The highest BCUT2D eigenvalue weighted by Gasteiger charge is 2.15. The molecule has 1 saturated heterocycles. The van der Waals surface area contributed by atoms with Gasteiger partial charge in [-0.3, -0.25) is 9.69 Å². The van der Waals surface area contributed by atoms with E-state index >= 15 is 0 Å². The van der Waals surface area contributed by atoms with E-state index in [0.717, 1.165) is 37.3 Å². The molecule has 0 unspecified atom stereocenters. The topological polar surface area (TPSA) is 35.6 Å². The Morgan fingerprint density at radius 1 is 1.19 bits per heavy atom. The number of carbonyl (C=O) groups is 1. The van der Waals surface area contributed by atoms with E-state index in [-0.39, 0.29) is 11.7 Å². The SMILES string of the molecule is C#Cc1cc(C(=O)Nc2cc(F)cc(CN3CCN(C)CC3)c2)ccc1C. The van der Waals surface area contributed by atoms with Crippen molar-refractivity contribution >= 4 is 11.6 Å². The van der Waals surface area contributed by atoms with Crippen molar-refractivity contribution in [3.8, 4) is 12.3 Å². The zero-order chi connectivity index (χ0) is 19.4. The maximum atomic E-state index is 14.1. The third-order valence-electron chi connectivity index (χ3n) is 4.87. The quantitative estimate of drug-likeness (QED) is 0.846. The van der Waals surface area contributed by atoms with Crippen LogP contribution in [0.1, 0.15) is 27.0 Å². The zero-order valence-electron chi connectivity index (χ0n) is 15.8. The number of rotatable bonds is 4. The second-order valence-corrected chi connectivity index (χ2v) is 7.06. The third kappa shape index (κ3) is 4.94. The fraction of sp³-hybridized carbons (Fsp3) is 0.318. The molecule has 0 aromatic heterocycles. The number of aryl methyl sites for hydroxylation is 1. The molecule has 1 N–H and O–H groups in total. The van der Waals surface area contributed by atoms with Gasteiger partial charge in [0.25, 0.3) is 5.91 Å². The number of benzene rings is 2. The fourth-order valence-corrected chi connectivity index (χ4v) is 3.20. The predicted octanol–water partition coefficient (Wildman–Crippen LogP) is 3.12. The Balaban J connectivity index is 1.72. The second-order valence-electron chi connectivity index (χ2n) is 7.06. The summed E-state index contributed by atoms with van der Waals surface area (Å²) in [5.41, 5.74) is 3.38. The van der Waals surface area contributed by atoms with E-state index in [1.165, 1.54) is 12.1 Å². The minimum Gasteiger partial charge on any atom is -0.322 e. The summed E-state index contributed by atoms with van der Waals surface area (Å²) in [6, 6.07) is 9.90. The average Bonchev–Trinajstić information content (AvgIpc) is 2.63. The first-order valence-corrected chi connectivity index (χ1v) is 9.03. The van der Waals surface area contributed by atoms with E-state index < -0.39 is 0 Å². The maximum absolute atomic E-state index is 14.1. The van der Waals surface area contributed by atoms with Crippen LogP contribution in [0.3, 0.4) is 0 Å². The van der Waals surface area contributed by atoms with Crippen LogP contribution in [0.15, 0.2) is 36.4 Å². The fourth-order valence-electron chi connectivity index (χ4n) is 3.20. The lowest BCUT2D eigenvalue weighted by molar-refractivity contribution is 0.102. The van der Waals surface area contributed by atoms with Gasteiger partial charge in [0.15, 0.2) is 0 Å². The van der Waals surface area contributed by atoms with Crippen LogP contribution >= 0.6 is 0 Å². The first-order chi connectivity index (χ1) is 12.9. The summed E-state index contributed by atoms with van der Waals surface area (Å²) in [7, 11) is 2.10. The Hall–Kier alpha value is -2.68. The number of amides is 1. The Morgan fingerprint density at radius 2 is 1.93 bits per heavy atom. The molecule has 140 valence electrons. The number of halogens is 1. The molecule has 1 fully saturated rings. The number of nitrogens with zero attached hydrogens (tertiary/aromatic N) is 2. The Kier molecular flexibility index (Phi) is 5.90. The van der Waals surface area contributed by atoms with Gasteiger partial charge in [-0.2, -0.15) is 0 Å². The number of carbonyl (C=O) groups excluding carboxylic acids is 1. The molecule has 2 aromatic rings. The van der Waals surface area contributed by atoms with E-state index in [2.05, 4.69) is 28.1 Å². The molecule has 0 spiro atoms. The highest BCUT2D eigenvalue weighted by atomic mass is 19.1. The van der Waals surface area contributed by atoms with Gasteiger partial charge in [0.05, 0.1) is 0 Å². The average molecular weight is 365 g/mol. The minimum absolute atomic E-state index is 0.303. The minimum atomic E-state index is -0.356. The summed E-state index contributed by atoms with van der Waals surface area (Å²) >= 11 is 0. The number of likely N-dealkylation sites (N-methyl/N-ethyl adjacent to an activating group) is 1. The summed E-state index contributed by atoms with van der Waals surface area (Å²) < 4.78 is 14.1. The lowest BCUT2D eigenvalue weighted by Crippen LogP contribution is -2.43. The van der Waals surface area contributed by atoms with E-state index in [1.807, 2.05) is 19.1 Å².